The molecule has 2 saturated heterocycles. The molecule has 5 heteroatoms. The summed E-state index contributed by atoms with van der Waals surface area (Å²) in [6.07, 6.45) is 5.40. The predicted molar refractivity (Wildman–Crippen MR) is 68.2 cm³/mol. The third-order valence-corrected chi connectivity index (χ3v) is 3.94. The van der Waals surface area contributed by atoms with Crippen LogP contribution in [0.15, 0.2) is 12.3 Å². The highest BCUT2D eigenvalue weighted by atomic mass is 15.3. The van der Waals surface area contributed by atoms with Crippen LogP contribution in [0.2, 0.25) is 0 Å². The van der Waals surface area contributed by atoms with Crippen molar-refractivity contribution >= 4 is 5.82 Å². The van der Waals surface area contributed by atoms with Crippen LogP contribution in [-0.2, 0) is 0 Å². The van der Waals surface area contributed by atoms with Gasteiger partial charge in [0.1, 0.15) is 6.07 Å². The van der Waals surface area contributed by atoms with Gasteiger partial charge in [-0.1, -0.05) is 0 Å². The van der Waals surface area contributed by atoms with E-state index in [0.29, 0.717) is 11.6 Å². The van der Waals surface area contributed by atoms with Crippen LogP contribution in [0.4, 0.5) is 5.82 Å². The SMILES string of the molecule is N#Cc1ccnnc1N1CCC(N2CCCC2)C1. The minimum Gasteiger partial charge on any atom is -0.352 e. The fourth-order valence-electron chi connectivity index (χ4n) is 2.98. The second-order valence-corrected chi connectivity index (χ2v) is 5.01. The van der Waals surface area contributed by atoms with Gasteiger partial charge in [-0.15, -0.1) is 5.10 Å². The lowest BCUT2D eigenvalue weighted by Gasteiger charge is -2.24. The van der Waals surface area contributed by atoms with Crippen LogP contribution in [0.25, 0.3) is 0 Å². The number of likely N-dealkylation sites (tertiary alicyclic amines) is 1. The molecule has 2 fully saturated rings. The fourth-order valence-corrected chi connectivity index (χ4v) is 2.98. The lowest BCUT2D eigenvalue weighted by molar-refractivity contribution is 0.260. The summed E-state index contributed by atoms with van der Waals surface area (Å²) in [5.74, 6) is 0.752. The van der Waals surface area contributed by atoms with Crippen LogP contribution < -0.4 is 4.90 Å². The Labute approximate surface area is 107 Å². The third-order valence-electron chi connectivity index (χ3n) is 3.94. The van der Waals surface area contributed by atoms with Crippen LogP contribution in [0.5, 0.6) is 0 Å². The molecule has 1 aromatic rings. The van der Waals surface area contributed by atoms with Crippen molar-refractivity contribution in [2.24, 2.45) is 0 Å². The summed E-state index contributed by atoms with van der Waals surface area (Å²) in [6.45, 7) is 4.41. The minimum atomic E-state index is 0.626. The van der Waals surface area contributed by atoms with E-state index in [-0.39, 0.29) is 0 Å². The molecule has 5 nitrogen and oxygen atoms in total. The standard InChI is InChI=1S/C13H17N5/c14-9-11-3-5-15-16-13(11)18-8-4-12(10-18)17-6-1-2-7-17/h3,5,12H,1-2,4,6-8,10H2. The van der Waals surface area contributed by atoms with Gasteiger partial charge in [0.25, 0.3) is 0 Å². The second kappa shape index (κ2) is 4.91. The second-order valence-electron chi connectivity index (χ2n) is 5.01. The van der Waals surface area contributed by atoms with Crippen LogP contribution in [0.3, 0.4) is 0 Å². The van der Waals surface area contributed by atoms with Crippen molar-refractivity contribution in [1.82, 2.24) is 15.1 Å². The maximum absolute atomic E-state index is 9.10. The van der Waals surface area contributed by atoms with E-state index in [9.17, 15) is 0 Å². The van der Waals surface area contributed by atoms with Gasteiger partial charge in [-0.2, -0.15) is 10.4 Å². The van der Waals surface area contributed by atoms with Crippen molar-refractivity contribution < 1.29 is 0 Å². The first-order valence-electron chi connectivity index (χ1n) is 6.59. The zero-order valence-corrected chi connectivity index (χ0v) is 10.4. The summed E-state index contributed by atoms with van der Waals surface area (Å²) in [4.78, 5) is 4.77. The highest BCUT2D eigenvalue weighted by Crippen LogP contribution is 2.25. The molecule has 1 aromatic heterocycles. The number of nitrogens with zero attached hydrogens (tertiary/aromatic N) is 5. The molecule has 18 heavy (non-hydrogen) atoms. The van der Waals surface area contributed by atoms with Gasteiger partial charge in [0.15, 0.2) is 5.82 Å². The molecular weight excluding hydrogens is 226 g/mol. The van der Waals surface area contributed by atoms with E-state index in [1.165, 1.54) is 32.4 Å². The summed E-state index contributed by atoms with van der Waals surface area (Å²) in [6, 6.07) is 4.57. The maximum Gasteiger partial charge on any atom is 0.169 e. The molecule has 0 bridgehead atoms. The monoisotopic (exact) mass is 243 g/mol. The molecule has 3 heterocycles. The molecule has 0 spiro atoms. The first kappa shape index (κ1) is 11.4. The molecule has 3 rings (SSSR count). The van der Waals surface area contributed by atoms with E-state index >= 15 is 0 Å². The molecule has 0 amide bonds. The molecular formula is C13H17N5. The van der Waals surface area contributed by atoms with Crippen LogP contribution in [0, 0.1) is 11.3 Å². The van der Waals surface area contributed by atoms with Crippen molar-refractivity contribution in [2.75, 3.05) is 31.1 Å². The Kier molecular flexibility index (Phi) is 3.11. The summed E-state index contributed by atoms with van der Waals surface area (Å²) < 4.78 is 0. The molecule has 1 atom stereocenters. The number of hydrogen-bond donors (Lipinski definition) is 0. The first-order chi connectivity index (χ1) is 8.88. The lowest BCUT2D eigenvalue weighted by atomic mass is 10.2. The molecule has 94 valence electrons. The van der Waals surface area contributed by atoms with Gasteiger partial charge < -0.3 is 4.90 Å². The molecule has 0 radical (unpaired) electrons. The predicted octanol–water partition coefficient (Wildman–Crippen LogP) is 1.02. The number of hydrogen-bond acceptors (Lipinski definition) is 5. The molecule has 0 N–H and O–H groups in total. The van der Waals surface area contributed by atoms with E-state index in [1.807, 2.05) is 0 Å². The largest absolute Gasteiger partial charge is 0.352 e. The van der Waals surface area contributed by atoms with E-state index in [1.54, 1.807) is 12.3 Å². The smallest absolute Gasteiger partial charge is 0.169 e. The van der Waals surface area contributed by atoms with E-state index in [2.05, 4.69) is 26.1 Å². The van der Waals surface area contributed by atoms with Gasteiger partial charge in [0.05, 0.1) is 11.8 Å². The highest BCUT2D eigenvalue weighted by Gasteiger charge is 2.30. The average molecular weight is 243 g/mol. The van der Waals surface area contributed by atoms with Gasteiger partial charge in [-0.25, -0.2) is 0 Å². The Hall–Kier alpha value is -1.67. The normalized spacial score (nSPS) is 24.4. The number of anilines is 1. The Balaban J connectivity index is 1.73. The van der Waals surface area contributed by atoms with Crippen molar-refractivity contribution in [1.29, 1.82) is 5.26 Å². The summed E-state index contributed by atoms with van der Waals surface area (Å²) in [7, 11) is 0. The quantitative estimate of drug-likeness (QED) is 0.776. The third kappa shape index (κ3) is 2.04. The molecule has 0 aromatic carbocycles. The molecule has 0 saturated carbocycles. The first-order valence-corrected chi connectivity index (χ1v) is 6.59. The number of aromatic nitrogens is 2. The Morgan fingerprint density at radius 2 is 2.11 bits per heavy atom. The minimum absolute atomic E-state index is 0.626. The van der Waals surface area contributed by atoms with Crippen LogP contribution in [-0.4, -0.2) is 47.3 Å². The van der Waals surface area contributed by atoms with Gasteiger partial charge in [-0.3, -0.25) is 4.90 Å². The maximum atomic E-state index is 9.10. The van der Waals surface area contributed by atoms with Crippen molar-refractivity contribution in [3.05, 3.63) is 17.8 Å². The van der Waals surface area contributed by atoms with Crippen LogP contribution >= 0.6 is 0 Å². The number of rotatable bonds is 2. The zero-order chi connectivity index (χ0) is 12.4. The van der Waals surface area contributed by atoms with E-state index < -0.39 is 0 Å². The van der Waals surface area contributed by atoms with Crippen molar-refractivity contribution in [3.8, 4) is 6.07 Å². The van der Waals surface area contributed by atoms with Crippen molar-refractivity contribution in [2.45, 2.75) is 25.3 Å². The Morgan fingerprint density at radius 1 is 1.28 bits per heavy atom. The van der Waals surface area contributed by atoms with Gasteiger partial charge in [-0.05, 0) is 38.4 Å². The Morgan fingerprint density at radius 3 is 2.89 bits per heavy atom. The molecule has 1 unspecified atom stereocenters. The molecule has 0 aliphatic carbocycles. The highest BCUT2D eigenvalue weighted by molar-refractivity contribution is 5.53. The van der Waals surface area contributed by atoms with Gasteiger partial charge in [0.2, 0.25) is 0 Å². The van der Waals surface area contributed by atoms with Crippen molar-refractivity contribution in [3.63, 3.8) is 0 Å². The summed E-state index contributed by atoms with van der Waals surface area (Å²) in [5.41, 5.74) is 0.632. The molecule has 2 aliphatic heterocycles. The topological polar surface area (TPSA) is 56.1 Å². The molecule has 2 aliphatic rings. The van der Waals surface area contributed by atoms with E-state index in [4.69, 9.17) is 5.26 Å². The summed E-state index contributed by atoms with van der Waals surface area (Å²) in [5, 5.41) is 17.1. The summed E-state index contributed by atoms with van der Waals surface area (Å²) >= 11 is 0. The lowest BCUT2D eigenvalue weighted by Crippen LogP contribution is -2.35. The zero-order valence-electron chi connectivity index (χ0n) is 10.4. The van der Waals surface area contributed by atoms with Gasteiger partial charge >= 0.3 is 0 Å². The van der Waals surface area contributed by atoms with Gasteiger partial charge in [0, 0.05) is 19.1 Å². The number of nitriles is 1. The van der Waals surface area contributed by atoms with E-state index in [0.717, 1.165) is 18.9 Å². The Bertz CT molecular complexity index is 461. The van der Waals surface area contributed by atoms with Crippen LogP contribution in [0.1, 0.15) is 24.8 Å². The average Bonchev–Trinajstić information content (AvgIpc) is 3.09. The fraction of sp³-hybridized carbons (Fsp3) is 0.615.